The molecule has 0 radical (unpaired) electrons. The molecule has 4 nitrogen and oxygen atoms in total. The molecule has 0 spiro atoms. The Bertz CT molecular complexity index is 337. The summed E-state index contributed by atoms with van der Waals surface area (Å²) in [5, 5.41) is 0. The van der Waals surface area contributed by atoms with Gasteiger partial charge in [0.25, 0.3) is 0 Å². The summed E-state index contributed by atoms with van der Waals surface area (Å²) >= 11 is 3.35. The Morgan fingerprint density at radius 2 is 2.07 bits per heavy atom. The third-order valence-corrected chi connectivity index (χ3v) is 2.75. The van der Waals surface area contributed by atoms with Gasteiger partial charge in [0, 0.05) is 19.3 Å². The van der Waals surface area contributed by atoms with Crippen LogP contribution in [0.25, 0.3) is 0 Å². The molecule has 82 valence electrons. The maximum absolute atomic E-state index is 5.66. The lowest BCUT2D eigenvalue weighted by atomic mass is 10.2. The van der Waals surface area contributed by atoms with Gasteiger partial charge in [-0.1, -0.05) is 0 Å². The van der Waals surface area contributed by atoms with Crippen molar-refractivity contribution in [3.05, 3.63) is 16.9 Å². The van der Waals surface area contributed by atoms with Gasteiger partial charge in [-0.05, 0) is 35.8 Å². The molecule has 1 fully saturated rings. The summed E-state index contributed by atoms with van der Waals surface area (Å²) < 4.78 is 6.48. The maximum Gasteiger partial charge on any atom is 0.226 e. The van der Waals surface area contributed by atoms with Crippen molar-refractivity contribution < 1.29 is 4.74 Å². The lowest BCUT2D eigenvalue weighted by Gasteiger charge is -2.35. The Morgan fingerprint density at radius 3 is 2.67 bits per heavy atom. The first kappa shape index (κ1) is 10.8. The number of rotatable bonds is 1. The average Bonchev–Trinajstić information content (AvgIpc) is 2.16. The van der Waals surface area contributed by atoms with Gasteiger partial charge in [-0.25, -0.2) is 9.97 Å². The molecule has 0 aliphatic carbocycles. The molecule has 0 bridgehead atoms. The van der Waals surface area contributed by atoms with Gasteiger partial charge in [0.2, 0.25) is 5.95 Å². The van der Waals surface area contributed by atoms with Gasteiger partial charge in [0.1, 0.15) is 4.60 Å². The number of hydrogen-bond acceptors (Lipinski definition) is 4. The van der Waals surface area contributed by atoms with E-state index in [1.807, 2.05) is 6.07 Å². The molecule has 0 saturated carbocycles. The predicted octanol–water partition coefficient (Wildman–Crippen LogP) is 1.85. The van der Waals surface area contributed by atoms with Gasteiger partial charge in [-0.3, -0.25) is 0 Å². The largest absolute Gasteiger partial charge is 0.372 e. The summed E-state index contributed by atoms with van der Waals surface area (Å²) in [5.74, 6) is 0.770. The van der Waals surface area contributed by atoms with Crippen LogP contribution in [0.15, 0.2) is 16.9 Å². The number of morpholine rings is 1. The quantitative estimate of drug-likeness (QED) is 0.731. The molecule has 1 saturated heterocycles. The fourth-order valence-electron chi connectivity index (χ4n) is 1.82. The zero-order chi connectivity index (χ0) is 10.8. The lowest BCUT2D eigenvalue weighted by Crippen LogP contribution is -2.46. The normalized spacial score (nSPS) is 26.7. The maximum atomic E-state index is 5.66. The molecule has 1 aliphatic rings. The van der Waals surface area contributed by atoms with Crippen molar-refractivity contribution in [3.8, 4) is 0 Å². The van der Waals surface area contributed by atoms with Crippen molar-refractivity contribution in [1.82, 2.24) is 9.97 Å². The first-order valence-electron chi connectivity index (χ1n) is 5.04. The van der Waals surface area contributed by atoms with Crippen molar-refractivity contribution >= 4 is 21.9 Å². The van der Waals surface area contributed by atoms with Gasteiger partial charge >= 0.3 is 0 Å². The monoisotopic (exact) mass is 271 g/mol. The summed E-state index contributed by atoms with van der Waals surface area (Å²) in [5.41, 5.74) is 0. The molecule has 2 unspecified atom stereocenters. The van der Waals surface area contributed by atoms with Gasteiger partial charge in [-0.15, -0.1) is 0 Å². The Hall–Kier alpha value is -0.680. The van der Waals surface area contributed by atoms with E-state index in [-0.39, 0.29) is 12.2 Å². The van der Waals surface area contributed by atoms with Crippen molar-refractivity contribution in [2.45, 2.75) is 26.1 Å². The van der Waals surface area contributed by atoms with Crippen LogP contribution in [0, 0.1) is 0 Å². The summed E-state index contributed by atoms with van der Waals surface area (Å²) in [6.45, 7) is 5.84. The minimum Gasteiger partial charge on any atom is -0.372 e. The standard InChI is InChI=1S/C10H14BrN3O/c1-7-5-14(6-8(2)15-7)10-12-4-3-9(11)13-10/h3-4,7-8H,5-6H2,1-2H3. The lowest BCUT2D eigenvalue weighted by molar-refractivity contribution is -0.00572. The van der Waals surface area contributed by atoms with E-state index in [2.05, 4.69) is 44.6 Å². The van der Waals surface area contributed by atoms with E-state index in [0.717, 1.165) is 23.6 Å². The van der Waals surface area contributed by atoms with Gasteiger partial charge in [-0.2, -0.15) is 0 Å². The zero-order valence-electron chi connectivity index (χ0n) is 8.85. The zero-order valence-corrected chi connectivity index (χ0v) is 10.4. The second-order valence-corrected chi connectivity index (χ2v) is 4.65. The minimum absolute atomic E-state index is 0.233. The first-order valence-corrected chi connectivity index (χ1v) is 5.83. The SMILES string of the molecule is CC1CN(c2nccc(Br)n2)CC(C)O1. The molecule has 0 aromatic carbocycles. The van der Waals surface area contributed by atoms with Gasteiger partial charge < -0.3 is 9.64 Å². The van der Waals surface area contributed by atoms with Gasteiger partial charge in [0.15, 0.2) is 0 Å². The molecule has 1 aromatic rings. The second-order valence-electron chi connectivity index (χ2n) is 3.84. The van der Waals surface area contributed by atoms with Crippen LogP contribution >= 0.6 is 15.9 Å². The Labute approximate surface area is 97.8 Å². The highest BCUT2D eigenvalue weighted by atomic mass is 79.9. The number of anilines is 1. The number of halogens is 1. The summed E-state index contributed by atoms with van der Waals surface area (Å²) in [6.07, 6.45) is 2.23. The number of hydrogen-bond donors (Lipinski definition) is 0. The van der Waals surface area contributed by atoms with Crippen molar-refractivity contribution in [3.63, 3.8) is 0 Å². The molecule has 5 heteroatoms. The van der Waals surface area contributed by atoms with E-state index in [0.29, 0.717) is 0 Å². The minimum atomic E-state index is 0.233. The van der Waals surface area contributed by atoms with Crippen molar-refractivity contribution in [1.29, 1.82) is 0 Å². The van der Waals surface area contributed by atoms with E-state index in [4.69, 9.17) is 4.74 Å². The summed E-state index contributed by atoms with van der Waals surface area (Å²) in [4.78, 5) is 10.8. The van der Waals surface area contributed by atoms with Gasteiger partial charge in [0.05, 0.1) is 12.2 Å². The van der Waals surface area contributed by atoms with Crippen LogP contribution in [0.3, 0.4) is 0 Å². The van der Waals surface area contributed by atoms with Crippen LogP contribution < -0.4 is 4.90 Å². The second kappa shape index (κ2) is 4.45. The molecule has 0 N–H and O–H groups in total. The van der Waals surface area contributed by atoms with Crippen LogP contribution in [0.4, 0.5) is 5.95 Å². The molecule has 0 amide bonds. The van der Waals surface area contributed by atoms with E-state index in [9.17, 15) is 0 Å². The molecular formula is C10H14BrN3O. The molecule has 15 heavy (non-hydrogen) atoms. The van der Waals surface area contributed by atoms with Crippen LogP contribution in [0.5, 0.6) is 0 Å². The van der Waals surface area contributed by atoms with Crippen molar-refractivity contribution in [2.75, 3.05) is 18.0 Å². The van der Waals surface area contributed by atoms with Crippen LogP contribution in [-0.2, 0) is 4.74 Å². The number of aromatic nitrogens is 2. The third-order valence-electron chi connectivity index (χ3n) is 2.31. The topological polar surface area (TPSA) is 38.2 Å². The number of nitrogens with zero attached hydrogens (tertiary/aromatic N) is 3. The number of ether oxygens (including phenoxy) is 1. The molecule has 1 aromatic heterocycles. The summed E-state index contributed by atoms with van der Waals surface area (Å²) in [7, 11) is 0. The highest BCUT2D eigenvalue weighted by Crippen LogP contribution is 2.17. The van der Waals surface area contributed by atoms with E-state index >= 15 is 0 Å². The molecule has 2 heterocycles. The first-order chi connectivity index (χ1) is 7.15. The van der Waals surface area contributed by atoms with E-state index in [1.54, 1.807) is 6.20 Å². The average molecular weight is 272 g/mol. The molecule has 2 rings (SSSR count). The van der Waals surface area contributed by atoms with Crippen LogP contribution in [-0.4, -0.2) is 35.3 Å². The third kappa shape index (κ3) is 2.66. The smallest absolute Gasteiger partial charge is 0.226 e. The fraction of sp³-hybridized carbons (Fsp3) is 0.600. The molecule has 2 atom stereocenters. The Kier molecular flexibility index (Phi) is 3.21. The van der Waals surface area contributed by atoms with Crippen LogP contribution in [0.1, 0.15) is 13.8 Å². The van der Waals surface area contributed by atoms with Crippen LogP contribution in [0.2, 0.25) is 0 Å². The van der Waals surface area contributed by atoms with E-state index in [1.165, 1.54) is 0 Å². The highest BCUT2D eigenvalue weighted by molar-refractivity contribution is 9.10. The molecule has 1 aliphatic heterocycles. The Balaban J connectivity index is 2.16. The fourth-order valence-corrected chi connectivity index (χ4v) is 2.10. The predicted molar refractivity (Wildman–Crippen MR) is 62.0 cm³/mol. The molecular weight excluding hydrogens is 258 g/mol. The van der Waals surface area contributed by atoms with Crippen molar-refractivity contribution in [2.24, 2.45) is 0 Å². The highest BCUT2D eigenvalue weighted by Gasteiger charge is 2.23. The Morgan fingerprint density at radius 1 is 1.40 bits per heavy atom. The van der Waals surface area contributed by atoms with E-state index < -0.39 is 0 Å². The summed E-state index contributed by atoms with van der Waals surface area (Å²) in [6, 6.07) is 1.83.